The molecule has 3 rings (SSSR count). The van der Waals surface area contributed by atoms with Crippen molar-refractivity contribution in [2.24, 2.45) is 11.8 Å². The monoisotopic (exact) mass is 317 g/mol. The van der Waals surface area contributed by atoms with E-state index in [9.17, 15) is 4.79 Å². The summed E-state index contributed by atoms with van der Waals surface area (Å²) < 4.78 is 5.57. The maximum Gasteiger partial charge on any atom is 0.269 e. The van der Waals surface area contributed by atoms with Gasteiger partial charge in [0.15, 0.2) is 0 Å². The molecule has 1 unspecified atom stereocenters. The van der Waals surface area contributed by atoms with E-state index in [1.165, 1.54) is 19.4 Å². The Hall–Kier alpha value is -1.46. The number of pyridine rings is 1. The van der Waals surface area contributed by atoms with Gasteiger partial charge in [-0.1, -0.05) is 6.07 Å². The van der Waals surface area contributed by atoms with Crippen LogP contribution >= 0.6 is 0 Å². The zero-order valence-electron chi connectivity index (χ0n) is 13.7. The number of aromatic nitrogens is 1. The van der Waals surface area contributed by atoms with E-state index < -0.39 is 0 Å². The van der Waals surface area contributed by atoms with Crippen molar-refractivity contribution < 1.29 is 9.53 Å². The van der Waals surface area contributed by atoms with Gasteiger partial charge >= 0.3 is 0 Å². The van der Waals surface area contributed by atoms with Crippen LogP contribution in [0, 0.1) is 11.8 Å². The third-order valence-electron chi connectivity index (χ3n) is 4.93. The zero-order valence-corrected chi connectivity index (χ0v) is 13.7. The first-order valence-corrected chi connectivity index (χ1v) is 8.80. The Labute approximate surface area is 138 Å². The highest BCUT2D eigenvalue weighted by Gasteiger charge is 2.23. The van der Waals surface area contributed by atoms with Crippen molar-refractivity contribution in [1.29, 1.82) is 0 Å². The highest BCUT2D eigenvalue weighted by Crippen LogP contribution is 2.20. The molecule has 5 heteroatoms. The third kappa shape index (κ3) is 5.01. The minimum atomic E-state index is -0.0626. The van der Waals surface area contributed by atoms with Gasteiger partial charge in [0, 0.05) is 25.9 Å². The van der Waals surface area contributed by atoms with Crippen LogP contribution in [0.4, 0.5) is 0 Å². The van der Waals surface area contributed by atoms with Crippen LogP contribution in [0.3, 0.4) is 0 Å². The second-order valence-electron chi connectivity index (χ2n) is 6.75. The Morgan fingerprint density at radius 1 is 1.26 bits per heavy atom. The van der Waals surface area contributed by atoms with E-state index in [0.717, 1.165) is 45.7 Å². The maximum atomic E-state index is 12.0. The molecule has 0 saturated carbocycles. The second kappa shape index (κ2) is 8.41. The minimum absolute atomic E-state index is 0.0626. The molecule has 23 heavy (non-hydrogen) atoms. The Kier molecular flexibility index (Phi) is 6.00. The Morgan fingerprint density at radius 2 is 2.13 bits per heavy atom. The topological polar surface area (TPSA) is 54.5 Å². The summed E-state index contributed by atoms with van der Waals surface area (Å²) in [4.78, 5) is 18.7. The van der Waals surface area contributed by atoms with Crippen LogP contribution < -0.4 is 5.32 Å². The molecule has 0 bridgehead atoms. The lowest BCUT2D eigenvalue weighted by Gasteiger charge is -2.35. The Morgan fingerprint density at radius 3 is 2.83 bits per heavy atom. The van der Waals surface area contributed by atoms with E-state index in [4.69, 9.17) is 4.74 Å². The molecule has 0 radical (unpaired) electrons. The average Bonchev–Trinajstić information content (AvgIpc) is 2.62. The first-order valence-electron chi connectivity index (χ1n) is 8.80. The van der Waals surface area contributed by atoms with Crippen LogP contribution in [0.1, 0.15) is 36.2 Å². The number of carbonyl (C=O) groups is 1. The van der Waals surface area contributed by atoms with Gasteiger partial charge in [0.05, 0.1) is 6.61 Å². The third-order valence-corrected chi connectivity index (χ3v) is 4.93. The molecule has 5 nitrogen and oxygen atoms in total. The lowest BCUT2D eigenvalue weighted by molar-refractivity contribution is 0.0326. The fraction of sp³-hybridized carbons (Fsp3) is 0.667. The highest BCUT2D eigenvalue weighted by atomic mass is 16.5. The fourth-order valence-electron chi connectivity index (χ4n) is 3.51. The lowest BCUT2D eigenvalue weighted by Crippen LogP contribution is -2.41. The highest BCUT2D eigenvalue weighted by molar-refractivity contribution is 5.92. The van der Waals surface area contributed by atoms with Crippen LogP contribution in [0.15, 0.2) is 24.4 Å². The number of rotatable bonds is 5. The summed E-state index contributed by atoms with van der Waals surface area (Å²) in [6, 6.07) is 5.42. The summed E-state index contributed by atoms with van der Waals surface area (Å²) in [5.74, 6) is 1.23. The number of nitrogens with one attached hydrogen (secondary N) is 1. The smallest absolute Gasteiger partial charge is 0.269 e. The van der Waals surface area contributed by atoms with Crippen molar-refractivity contribution >= 4 is 5.91 Å². The lowest BCUT2D eigenvalue weighted by atomic mass is 9.94. The number of ether oxygens (including phenoxy) is 1. The molecule has 0 spiro atoms. The van der Waals surface area contributed by atoms with Crippen LogP contribution in [0.5, 0.6) is 0 Å². The summed E-state index contributed by atoms with van der Waals surface area (Å²) in [7, 11) is 0. The van der Waals surface area contributed by atoms with Gasteiger partial charge in [-0.05, 0) is 62.7 Å². The molecular weight excluding hydrogens is 290 g/mol. The van der Waals surface area contributed by atoms with Gasteiger partial charge in [-0.25, -0.2) is 0 Å². The Bertz CT molecular complexity index is 480. The van der Waals surface area contributed by atoms with Gasteiger partial charge < -0.3 is 15.0 Å². The average molecular weight is 317 g/mol. The van der Waals surface area contributed by atoms with Crippen molar-refractivity contribution in [3.63, 3.8) is 0 Å². The van der Waals surface area contributed by atoms with E-state index in [2.05, 4.69) is 15.2 Å². The molecule has 1 aromatic rings. The number of hydrogen-bond acceptors (Lipinski definition) is 4. The molecule has 1 amide bonds. The van der Waals surface area contributed by atoms with E-state index >= 15 is 0 Å². The van der Waals surface area contributed by atoms with Gasteiger partial charge in [-0.3, -0.25) is 9.78 Å². The number of likely N-dealkylation sites (tertiary alicyclic amines) is 1. The summed E-state index contributed by atoms with van der Waals surface area (Å²) in [5, 5.41) is 3.02. The number of piperidine rings is 1. The molecule has 3 heterocycles. The van der Waals surface area contributed by atoms with Gasteiger partial charge in [-0.15, -0.1) is 0 Å². The molecule has 0 aromatic carbocycles. The largest absolute Gasteiger partial charge is 0.381 e. The SMILES string of the molecule is O=C(NCC1CCN(CC2CCCOC2)CC1)c1ccccn1. The first kappa shape index (κ1) is 16.4. The number of nitrogens with zero attached hydrogens (tertiary/aromatic N) is 2. The van der Waals surface area contributed by atoms with Gasteiger partial charge in [0.1, 0.15) is 5.69 Å². The maximum absolute atomic E-state index is 12.0. The summed E-state index contributed by atoms with van der Waals surface area (Å²) >= 11 is 0. The molecule has 2 fully saturated rings. The molecule has 0 aliphatic carbocycles. The minimum Gasteiger partial charge on any atom is -0.381 e. The normalized spacial score (nSPS) is 23.6. The van der Waals surface area contributed by atoms with Crippen LogP contribution in [0.25, 0.3) is 0 Å². The number of carbonyl (C=O) groups excluding carboxylic acids is 1. The predicted molar refractivity (Wildman–Crippen MR) is 89.3 cm³/mol. The van der Waals surface area contributed by atoms with Crippen molar-refractivity contribution in [2.45, 2.75) is 25.7 Å². The first-order chi connectivity index (χ1) is 11.3. The molecule has 1 atom stereocenters. The molecule has 2 aliphatic rings. The molecule has 1 aromatic heterocycles. The van der Waals surface area contributed by atoms with Crippen LogP contribution in [-0.4, -0.2) is 55.2 Å². The summed E-state index contributed by atoms with van der Waals surface area (Å²) in [6.07, 6.45) is 6.50. The fourth-order valence-corrected chi connectivity index (χ4v) is 3.51. The molecule has 1 N–H and O–H groups in total. The van der Waals surface area contributed by atoms with Gasteiger partial charge in [-0.2, -0.15) is 0 Å². The molecular formula is C18H27N3O2. The van der Waals surface area contributed by atoms with E-state index in [0.29, 0.717) is 17.5 Å². The standard InChI is InChI=1S/C18H27N3O2/c22-18(17-5-1-2-8-19-17)20-12-15-6-9-21(10-7-15)13-16-4-3-11-23-14-16/h1-2,5,8,15-16H,3-4,6-7,9-14H2,(H,20,22). The summed E-state index contributed by atoms with van der Waals surface area (Å²) in [6.45, 7) is 6.08. The predicted octanol–water partition coefficient (Wildman–Crippen LogP) is 1.95. The van der Waals surface area contributed by atoms with Crippen molar-refractivity contribution in [2.75, 3.05) is 39.4 Å². The van der Waals surface area contributed by atoms with Gasteiger partial charge in [0.2, 0.25) is 0 Å². The van der Waals surface area contributed by atoms with E-state index in [1.807, 2.05) is 12.1 Å². The van der Waals surface area contributed by atoms with Crippen molar-refractivity contribution in [3.05, 3.63) is 30.1 Å². The zero-order chi connectivity index (χ0) is 15.9. The van der Waals surface area contributed by atoms with E-state index in [-0.39, 0.29) is 5.91 Å². The number of amides is 1. The molecule has 2 saturated heterocycles. The molecule has 126 valence electrons. The van der Waals surface area contributed by atoms with Crippen LogP contribution in [0.2, 0.25) is 0 Å². The van der Waals surface area contributed by atoms with Crippen molar-refractivity contribution in [1.82, 2.24) is 15.2 Å². The Balaban J connectivity index is 1.35. The van der Waals surface area contributed by atoms with Gasteiger partial charge in [0.25, 0.3) is 5.91 Å². The quantitative estimate of drug-likeness (QED) is 0.902. The molecule has 2 aliphatic heterocycles. The van der Waals surface area contributed by atoms with E-state index in [1.54, 1.807) is 12.3 Å². The van der Waals surface area contributed by atoms with Crippen molar-refractivity contribution in [3.8, 4) is 0 Å². The number of hydrogen-bond donors (Lipinski definition) is 1. The second-order valence-corrected chi connectivity index (χ2v) is 6.75. The summed E-state index contributed by atoms with van der Waals surface area (Å²) in [5.41, 5.74) is 0.502. The van der Waals surface area contributed by atoms with Crippen LogP contribution in [-0.2, 0) is 4.74 Å².